The van der Waals surface area contributed by atoms with Gasteiger partial charge >= 0.3 is 6.16 Å². The molecule has 2 heterocycles. The highest BCUT2D eigenvalue weighted by molar-refractivity contribution is 7.25. The van der Waals surface area contributed by atoms with E-state index in [-0.39, 0.29) is 6.10 Å². The van der Waals surface area contributed by atoms with Crippen molar-refractivity contribution in [1.29, 1.82) is 0 Å². The van der Waals surface area contributed by atoms with Crippen molar-refractivity contribution in [3.63, 3.8) is 0 Å². The molecule has 0 atom stereocenters. The van der Waals surface area contributed by atoms with E-state index >= 15 is 0 Å². The third-order valence-corrected chi connectivity index (χ3v) is 7.41. The molecule has 190 valence electrons. The van der Waals surface area contributed by atoms with Gasteiger partial charge in [-0.25, -0.2) is 14.8 Å². The van der Waals surface area contributed by atoms with Gasteiger partial charge in [0.15, 0.2) is 0 Å². The Balaban J connectivity index is 0.000000709. The van der Waals surface area contributed by atoms with Gasteiger partial charge in [0.05, 0.1) is 16.5 Å². The molecule has 0 amide bonds. The Hall–Kier alpha value is -3.10. The van der Waals surface area contributed by atoms with Gasteiger partial charge < -0.3 is 20.3 Å². The van der Waals surface area contributed by atoms with Gasteiger partial charge in [0.2, 0.25) is 0 Å². The monoisotopic (exact) mass is 527 g/mol. The minimum absolute atomic E-state index is 0.0934. The van der Waals surface area contributed by atoms with Crippen LogP contribution in [0.15, 0.2) is 42.5 Å². The van der Waals surface area contributed by atoms with Crippen LogP contribution < -0.4 is 10.1 Å². The van der Waals surface area contributed by atoms with Crippen molar-refractivity contribution < 1.29 is 19.7 Å². The number of ether oxygens (including phenoxy) is 1. The summed E-state index contributed by atoms with van der Waals surface area (Å²) in [6.45, 7) is 4.64. The summed E-state index contributed by atoms with van der Waals surface area (Å²) in [4.78, 5) is 19.7. The van der Waals surface area contributed by atoms with Crippen molar-refractivity contribution in [2.24, 2.45) is 0 Å². The summed E-state index contributed by atoms with van der Waals surface area (Å²) in [5, 5.41) is 20.5. The van der Waals surface area contributed by atoms with Crippen LogP contribution in [0.2, 0.25) is 5.02 Å². The van der Waals surface area contributed by atoms with Gasteiger partial charge in [-0.15, -0.1) is 11.3 Å². The first kappa shape index (κ1) is 26.0. The largest absolute Gasteiger partial charge is 0.503 e. The molecule has 0 aliphatic heterocycles. The lowest BCUT2D eigenvalue weighted by molar-refractivity contribution is 0.137. The number of carboxylic acid groups (broad SMARTS) is 2. The lowest BCUT2D eigenvalue weighted by Crippen LogP contribution is -2.11. The van der Waals surface area contributed by atoms with Crippen LogP contribution in [0.1, 0.15) is 63.3 Å². The van der Waals surface area contributed by atoms with Crippen LogP contribution in [-0.2, 0) is 6.54 Å². The number of nitrogens with one attached hydrogen (secondary N) is 1. The predicted molar refractivity (Wildman–Crippen MR) is 146 cm³/mol. The fourth-order valence-electron chi connectivity index (χ4n) is 4.50. The van der Waals surface area contributed by atoms with Crippen LogP contribution in [0.3, 0.4) is 0 Å². The summed E-state index contributed by atoms with van der Waals surface area (Å²) in [6, 6.07) is 14.5. The summed E-state index contributed by atoms with van der Waals surface area (Å²) in [5.41, 5.74) is 1.09. The van der Waals surface area contributed by atoms with E-state index in [4.69, 9.17) is 41.3 Å². The number of rotatable bonds is 6. The summed E-state index contributed by atoms with van der Waals surface area (Å²) >= 11 is 8.22. The maximum atomic E-state index is 8.56. The first-order valence-corrected chi connectivity index (χ1v) is 13.3. The molecular weight excluding hydrogens is 498 g/mol. The molecule has 2 aromatic heterocycles. The summed E-state index contributed by atoms with van der Waals surface area (Å²) < 4.78 is 7.02. The third-order valence-electron chi connectivity index (χ3n) is 6.05. The van der Waals surface area contributed by atoms with Crippen molar-refractivity contribution in [3.8, 4) is 5.75 Å². The Morgan fingerprint density at radius 3 is 2.56 bits per heavy atom. The maximum Gasteiger partial charge on any atom is 0.503 e. The van der Waals surface area contributed by atoms with Crippen molar-refractivity contribution in [2.45, 2.75) is 64.5 Å². The second-order valence-corrected chi connectivity index (χ2v) is 10.5. The molecule has 1 fully saturated rings. The molecule has 1 aliphatic rings. The highest BCUT2D eigenvalue weighted by Crippen LogP contribution is 2.39. The number of aromatic nitrogens is 2. The van der Waals surface area contributed by atoms with E-state index in [1.54, 1.807) is 11.3 Å². The van der Waals surface area contributed by atoms with Gasteiger partial charge in [-0.3, -0.25) is 0 Å². The maximum absolute atomic E-state index is 8.56. The number of fused-ring (bicyclic) bond motifs is 3. The molecule has 1 saturated carbocycles. The fraction of sp³-hybridized carbons (Fsp3) is 0.370. The molecule has 0 unspecified atom stereocenters. The molecule has 2 aromatic carbocycles. The minimum Gasteiger partial charge on any atom is -0.489 e. The van der Waals surface area contributed by atoms with Gasteiger partial charge in [0.25, 0.3) is 0 Å². The van der Waals surface area contributed by atoms with Crippen LogP contribution in [0.5, 0.6) is 5.75 Å². The van der Waals surface area contributed by atoms with Gasteiger partial charge in [-0.05, 0) is 50.5 Å². The number of hydrogen-bond acceptors (Lipinski definition) is 6. The molecule has 0 radical (unpaired) electrons. The Kier molecular flexibility index (Phi) is 8.48. The quantitative estimate of drug-likeness (QED) is 0.232. The van der Waals surface area contributed by atoms with E-state index in [1.807, 2.05) is 26.0 Å². The van der Waals surface area contributed by atoms with E-state index in [1.165, 1.54) is 42.2 Å². The molecule has 0 spiro atoms. The number of thiophene rings is 1. The van der Waals surface area contributed by atoms with Gasteiger partial charge in [0.1, 0.15) is 22.2 Å². The van der Waals surface area contributed by atoms with E-state index in [9.17, 15) is 0 Å². The Labute approximate surface area is 219 Å². The zero-order valence-corrected chi connectivity index (χ0v) is 21.9. The van der Waals surface area contributed by atoms with E-state index < -0.39 is 6.16 Å². The average Bonchev–Trinajstić information content (AvgIpc) is 3.23. The van der Waals surface area contributed by atoms with Crippen LogP contribution in [-0.4, -0.2) is 32.4 Å². The fourth-order valence-corrected chi connectivity index (χ4v) is 5.83. The van der Waals surface area contributed by atoms with Crippen LogP contribution >= 0.6 is 22.9 Å². The van der Waals surface area contributed by atoms with Gasteiger partial charge in [0, 0.05) is 22.5 Å². The Morgan fingerprint density at radius 2 is 1.86 bits per heavy atom. The first-order chi connectivity index (χ1) is 17.3. The molecular formula is C27H30ClN3O4S. The molecule has 1 aliphatic carbocycles. The van der Waals surface area contributed by atoms with E-state index in [0.717, 1.165) is 33.2 Å². The lowest BCUT2D eigenvalue weighted by atomic mass is 9.88. The molecule has 3 N–H and O–H groups in total. The molecule has 0 saturated heterocycles. The summed E-state index contributed by atoms with van der Waals surface area (Å²) in [7, 11) is 0. The van der Waals surface area contributed by atoms with Crippen LogP contribution in [0.25, 0.3) is 20.3 Å². The normalized spacial score (nSPS) is 14.0. The highest BCUT2D eigenvalue weighted by Gasteiger charge is 2.22. The highest BCUT2D eigenvalue weighted by atomic mass is 35.5. The number of carbonyl (C=O) groups is 1. The number of halogens is 1. The second-order valence-electron chi connectivity index (χ2n) is 9.11. The molecule has 5 rings (SSSR count). The van der Waals surface area contributed by atoms with E-state index in [2.05, 4.69) is 35.6 Å². The molecule has 0 bridgehead atoms. The zero-order chi connectivity index (χ0) is 25.7. The van der Waals surface area contributed by atoms with Crippen LogP contribution in [0.4, 0.5) is 10.6 Å². The first-order valence-electron chi connectivity index (χ1n) is 12.1. The topological polar surface area (TPSA) is 105 Å². The minimum atomic E-state index is -1.83. The Bertz CT molecular complexity index is 1350. The lowest BCUT2D eigenvalue weighted by Gasteiger charge is -2.21. The molecule has 36 heavy (non-hydrogen) atoms. The average molecular weight is 528 g/mol. The van der Waals surface area contributed by atoms with Gasteiger partial charge in [-0.1, -0.05) is 55.1 Å². The van der Waals surface area contributed by atoms with Crippen molar-refractivity contribution in [2.75, 3.05) is 5.32 Å². The molecule has 4 aromatic rings. The summed E-state index contributed by atoms with van der Waals surface area (Å²) in [6.07, 6.45) is 4.49. The second kappa shape index (κ2) is 11.8. The number of nitrogens with zero attached hydrogens (tertiary/aromatic N) is 2. The smallest absolute Gasteiger partial charge is 0.489 e. The zero-order valence-electron chi connectivity index (χ0n) is 20.3. The number of benzene rings is 2. The number of anilines is 1. The molecule has 7 nitrogen and oxygen atoms in total. The van der Waals surface area contributed by atoms with Crippen LogP contribution in [0, 0.1) is 0 Å². The van der Waals surface area contributed by atoms with E-state index in [0.29, 0.717) is 17.5 Å². The predicted octanol–water partition coefficient (Wildman–Crippen LogP) is 8.17. The van der Waals surface area contributed by atoms with Crippen molar-refractivity contribution in [1.82, 2.24) is 9.97 Å². The molecule has 9 heteroatoms. The van der Waals surface area contributed by atoms with Gasteiger partial charge in [-0.2, -0.15) is 0 Å². The van der Waals surface area contributed by atoms with Crippen molar-refractivity contribution >= 4 is 55.2 Å². The standard InChI is InChI=1S/C26H28ClN3OS.CH2O3/c1-16(2)31-21-13-12-17(14-20(21)27)15-28-25-23-19-10-6-7-11-22(19)32-26(23)30-24(29-25)18-8-4-3-5-9-18;2-1(3)4/h6-7,10-14,16,18H,3-5,8-9,15H2,1-2H3,(H,28,29,30);(H2,2,3,4). The SMILES string of the molecule is CC(C)Oc1ccc(CNc2nc(C3CCCCC3)nc3sc4ccccc4c23)cc1Cl.O=C(O)O. The third kappa shape index (κ3) is 6.36. The Morgan fingerprint density at radius 1 is 1.14 bits per heavy atom. The number of hydrogen-bond donors (Lipinski definition) is 3. The van der Waals surface area contributed by atoms with Crippen molar-refractivity contribution in [3.05, 3.63) is 58.9 Å². The summed E-state index contributed by atoms with van der Waals surface area (Å²) in [5.74, 6) is 3.09.